The molecule has 3 nitrogen and oxygen atoms in total. The number of hydrogen-bond donors (Lipinski definition) is 0. The van der Waals surface area contributed by atoms with Gasteiger partial charge < -0.3 is 4.42 Å². The largest absolute Gasteiger partial charge is 0.455 e. The maximum Gasteiger partial charge on any atom is 0.144 e. The summed E-state index contributed by atoms with van der Waals surface area (Å²) in [5.41, 5.74) is 4.32. The molecule has 3 aromatic heterocycles. The van der Waals surface area contributed by atoms with E-state index in [1.807, 2.05) is 37.3 Å². The van der Waals surface area contributed by atoms with Crippen LogP contribution in [-0.2, 0) is 0 Å². The topological polar surface area (TPSA) is 38.9 Å². The van der Waals surface area contributed by atoms with Crippen molar-refractivity contribution in [3.05, 3.63) is 58.7 Å². The summed E-state index contributed by atoms with van der Waals surface area (Å²) in [6, 6.07) is 11.5. The van der Waals surface area contributed by atoms with E-state index in [4.69, 9.17) is 9.90 Å². The van der Waals surface area contributed by atoms with Gasteiger partial charge in [0.15, 0.2) is 0 Å². The van der Waals surface area contributed by atoms with Crippen molar-refractivity contribution in [3.63, 3.8) is 0 Å². The third-order valence-electron chi connectivity index (χ3n) is 4.84. The molecule has 5 rings (SSSR count). The molecule has 3 heterocycles. The van der Waals surface area contributed by atoms with Gasteiger partial charge in [-0.05, 0) is 55.1 Å². The van der Waals surface area contributed by atoms with Crippen molar-refractivity contribution in [2.45, 2.75) is 33.5 Å². The van der Waals surface area contributed by atoms with Gasteiger partial charge in [-0.3, -0.25) is 4.98 Å². The van der Waals surface area contributed by atoms with Crippen molar-refractivity contribution in [2.75, 3.05) is 0 Å². The number of pyridine rings is 1. The zero-order valence-corrected chi connectivity index (χ0v) is 16.1. The number of aryl methyl sites for hydroxylation is 2. The Morgan fingerprint density at radius 1 is 1.22 bits per heavy atom. The predicted molar refractivity (Wildman–Crippen MR) is 114 cm³/mol. The number of thiazole rings is 1. The van der Waals surface area contributed by atoms with Gasteiger partial charge in [0.1, 0.15) is 11.2 Å². The molecule has 0 bridgehead atoms. The number of fused-ring (bicyclic) bond motifs is 5. The van der Waals surface area contributed by atoms with Crippen LogP contribution in [0.5, 0.6) is 0 Å². The summed E-state index contributed by atoms with van der Waals surface area (Å²) in [5.74, 6) is -1.09. The van der Waals surface area contributed by atoms with Gasteiger partial charge in [0.2, 0.25) is 0 Å². The first-order chi connectivity index (χ1) is 14.5. The molecule has 0 fully saturated rings. The van der Waals surface area contributed by atoms with E-state index in [-0.39, 0.29) is 5.56 Å². The number of furan rings is 1. The average Bonchev–Trinajstić information content (AvgIpc) is 3.25. The van der Waals surface area contributed by atoms with Gasteiger partial charge in [-0.1, -0.05) is 26.0 Å². The number of aromatic nitrogens is 2. The first kappa shape index (κ1) is 12.6. The van der Waals surface area contributed by atoms with E-state index in [1.54, 1.807) is 31.3 Å². The van der Waals surface area contributed by atoms with Gasteiger partial charge in [-0.2, -0.15) is 0 Å². The van der Waals surface area contributed by atoms with Gasteiger partial charge >= 0.3 is 0 Å². The van der Waals surface area contributed by atoms with E-state index < -0.39 is 12.7 Å². The summed E-state index contributed by atoms with van der Waals surface area (Å²) in [6.07, 6.45) is 1.38. The molecule has 0 radical (unpaired) electrons. The first-order valence-electron chi connectivity index (χ1n) is 10.8. The molecule has 0 aliphatic carbocycles. The fourth-order valence-electron chi connectivity index (χ4n) is 3.60. The fraction of sp³-hybridized carbons (Fsp3) is 0.217. The van der Waals surface area contributed by atoms with Crippen LogP contribution in [-0.4, -0.2) is 9.97 Å². The summed E-state index contributed by atoms with van der Waals surface area (Å²) in [4.78, 5) is 9.06. The number of nitrogens with zero attached hydrogens (tertiary/aromatic N) is 2. The molecule has 0 saturated carbocycles. The third kappa shape index (κ3) is 2.47. The first-order valence-corrected chi connectivity index (χ1v) is 9.58. The highest BCUT2D eigenvalue weighted by Crippen LogP contribution is 2.40. The van der Waals surface area contributed by atoms with Gasteiger partial charge in [0, 0.05) is 28.0 Å². The van der Waals surface area contributed by atoms with Crippen LogP contribution in [0.15, 0.2) is 47.0 Å². The molecule has 0 aliphatic rings. The second-order valence-corrected chi connectivity index (χ2v) is 8.12. The summed E-state index contributed by atoms with van der Waals surface area (Å²) in [6.45, 7) is 3.03. The Morgan fingerprint density at radius 3 is 2.93 bits per heavy atom. The SMILES string of the molecule is [2H]C([2H])([2H])c1cnc(-c2cccc3c2oc2ccc4nc(C)sc4c23)cc1C([2H])(C)C. The van der Waals surface area contributed by atoms with Crippen LogP contribution in [0.1, 0.15) is 41.4 Å². The van der Waals surface area contributed by atoms with E-state index in [0.29, 0.717) is 16.8 Å². The quantitative estimate of drug-likeness (QED) is 0.333. The Morgan fingerprint density at radius 2 is 2.11 bits per heavy atom. The second-order valence-electron chi connectivity index (χ2n) is 6.92. The highest BCUT2D eigenvalue weighted by molar-refractivity contribution is 7.19. The molecule has 5 aromatic rings. The summed E-state index contributed by atoms with van der Waals surface area (Å²) < 4.78 is 39.4. The van der Waals surface area contributed by atoms with E-state index in [0.717, 1.165) is 37.1 Å². The maximum atomic E-state index is 8.49. The molecular formula is C23H20N2OS. The highest BCUT2D eigenvalue weighted by atomic mass is 32.1. The lowest BCUT2D eigenvalue weighted by Crippen LogP contribution is -1.95. The number of hydrogen-bond acceptors (Lipinski definition) is 4. The second kappa shape index (κ2) is 5.89. The van der Waals surface area contributed by atoms with Gasteiger partial charge in [0.05, 0.1) is 20.9 Å². The molecule has 0 unspecified atom stereocenters. The summed E-state index contributed by atoms with van der Waals surface area (Å²) in [5, 5.41) is 2.99. The van der Waals surface area contributed by atoms with Crippen LogP contribution < -0.4 is 0 Å². The number of rotatable bonds is 2. The van der Waals surface area contributed by atoms with Crippen LogP contribution >= 0.6 is 11.3 Å². The fourth-order valence-corrected chi connectivity index (χ4v) is 4.57. The van der Waals surface area contributed by atoms with Crippen LogP contribution in [0.3, 0.4) is 0 Å². The predicted octanol–water partition coefficient (Wildman–Crippen LogP) is 7.00. The third-order valence-corrected chi connectivity index (χ3v) is 5.85. The normalized spacial score (nSPS) is 15.1. The molecule has 4 heteroatoms. The van der Waals surface area contributed by atoms with Crippen molar-refractivity contribution in [1.29, 1.82) is 0 Å². The molecule has 0 spiro atoms. The van der Waals surface area contributed by atoms with Crippen LogP contribution in [0.25, 0.3) is 43.4 Å². The summed E-state index contributed by atoms with van der Waals surface area (Å²) >= 11 is 1.64. The monoisotopic (exact) mass is 376 g/mol. The number of benzene rings is 2. The maximum absolute atomic E-state index is 8.49. The lowest BCUT2D eigenvalue weighted by molar-refractivity contribution is 0.670. The molecular weight excluding hydrogens is 352 g/mol. The molecule has 0 amide bonds. The average molecular weight is 377 g/mol. The zero-order chi connectivity index (χ0) is 22.1. The molecule has 27 heavy (non-hydrogen) atoms. The van der Waals surface area contributed by atoms with Crippen molar-refractivity contribution in [2.24, 2.45) is 0 Å². The minimum atomic E-state index is -2.33. The smallest absolute Gasteiger partial charge is 0.144 e. The lowest BCUT2D eigenvalue weighted by Gasteiger charge is -2.11. The Bertz CT molecular complexity index is 1470. The van der Waals surface area contributed by atoms with Crippen molar-refractivity contribution in [3.8, 4) is 11.3 Å². The highest BCUT2D eigenvalue weighted by Gasteiger charge is 2.17. The number of para-hydroxylation sites is 1. The van der Waals surface area contributed by atoms with E-state index in [2.05, 4.69) is 9.97 Å². The van der Waals surface area contributed by atoms with E-state index >= 15 is 0 Å². The van der Waals surface area contributed by atoms with Gasteiger partial charge in [-0.15, -0.1) is 11.3 Å². The summed E-state index contributed by atoms with van der Waals surface area (Å²) in [7, 11) is 0. The Kier molecular flexibility index (Phi) is 2.76. The molecule has 134 valence electrons. The van der Waals surface area contributed by atoms with E-state index in [9.17, 15) is 0 Å². The van der Waals surface area contributed by atoms with Gasteiger partial charge in [-0.25, -0.2) is 4.98 Å². The molecule has 2 aromatic carbocycles. The Balaban J connectivity index is 1.81. The molecule has 0 aliphatic heterocycles. The van der Waals surface area contributed by atoms with Gasteiger partial charge in [0.25, 0.3) is 0 Å². The van der Waals surface area contributed by atoms with Crippen LogP contribution in [0.2, 0.25) is 0 Å². The molecule has 0 atom stereocenters. The minimum Gasteiger partial charge on any atom is -0.455 e. The zero-order valence-electron chi connectivity index (χ0n) is 19.3. The lowest BCUT2D eigenvalue weighted by atomic mass is 9.97. The van der Waals surface area contributed by atoms with Crippen molar-refractivity contribution < 1.29 is 9.90 Å². The molecule has 0 N–H and O–H groups in total. The van der Waals surface area contributed by atoms with Crippen molar-refractivity contribution in [1.82, 2.24) is 9.97 Å². The minimum absolute atomic E-state index is 0.106. The Labute approximate surface area is 167 Å². The van der Waals surface area contributed by atoms with E-state index in [1.165, 1.54) is 6.20 Å². The standard InChI is InChI=1S/C23H20N2OS/c1-12(2)17-10-19(24-11-13(17)3)15-6-5-7-16-21-20(26-22(15)16)9-8-18-23(21)27-14(4)25-18/h5-12H,1-4H3/i3D3,12D. The van der Waals surface area contributed by atoms with Crippen molar-refractivity contribution >= 4 is 43.5 Å². The van der Waals surface area contributed by atoms with Crippen LogP contribution in [0, 0.1) is 13.8 Å². The Hall–Kier alpha value is -2.72. The van der Waals surface area contributed by atoms with Crippen LogP contribution in [0.4, 0.5) is 0 Å². The molecule has 0 saturated heterocycles.